The minimum Gasteiger partial charge on any atom is -0.382 e. The Morgan fingerprint density at radius 1 is 1.00 bits per heavy atom. The van der Waals surface area contributed by atoms with Crippen molar-refractivity contribution in [3.05, 3.63) is 89.7 Å². The Labute approximate surface area is 219 Å². The molecule has 3 N–H and O–H groups in total. The van der Waals surface area contributed by atoms with Crippen molar-refractivity contribution in [2.24, 2.45) is 0 Å². The molecule has 6 nitrogen and oxygen atoms in total. The Kier molecular flexibility index (Phi) is 6.68. The van der Waals surface area contributed by atoms with Gasteiger partial charge in [0.15, 0.2) is 0 Å². The maximum Gasteiger partial charge on any atom is 0.139 e. The van der Waals surface area contributed by atoms with Gasteiger partial charge in [-0.05, 0) is 68.4 Å². The Morgan fingerprint density at radius 3 is 2.57 bits per heavy atom. The Bertz CT molecular complexity index is 1360. The zero-order valence-electron chi connectivity index (χ0n) is 21.8. The molecule has 190 valence electrons. The minimum atomic E-state index is 0.513. The van der Waals surface area contributed by atoms with Gasteiger partial charge in [0.05, 0.1) is 11.0 Å². The number of nitrogens with zero attached hydrogens (tertiary/aromatic N) is 3. The fourth-order valence-electron chi connectivity index (χ4n) is 5.55. The van der Waals surface area contributed by atoms with E-state index in [0.29, 0.717) is 6.04 Å². The van der Waals surface area contributed by atoms with E-state index in [4.69, 9.17) is 4.98 Å². The summed E-state index contributed by atoms with van der Waals surface area (Å²) in [6, 6.07) is 26.2. The molecule has 0 radical (unpaired) electrons. The molecule has 0 amide bonds. The highest BCUT2D eigenvalue weighted by Gasteiger charge is 2.25. The van der Waals surface area contributed by atoms with Crippen molar-refractivity contribution >= 4 is 33.6 Å². The first-order chi connectivity index (χ1) is 18.1. The second-order valence-electron chi connectivity index (χ2n) is 10.5. The van der Waals surface area contributed by atoms with E-state index in [2.05, 4.69) is 106 Å². The summed E-state index contributed by atoms with van der Waals surface area (Å²) in [6.45, 7) is 5.38. The predicted molar refractivity (Wildman–Crippen MR) is 155 cm³/mol. The largest absolute Gasteiger partial charge is 0.382 e. The number of para-hydroxylation sites is 2. The molecule has 6 rings (SSSR count). The molecule has 2 aliphatic rings. The van der Waals surface area contributed by atoms with Gasteiger partial charge >= 0.3 is 0 Å². The number of nitrogens with one attached hydrogen (secondary N) is 3. The van der Waals surface area contributed by atoms with Crippen LogP contribution in [-0.2, 0) is 0 Å². The van der Waals surface area contributed by atoms with Crippen molar-refractivity contribution in [1.82, 2.24) is 19.8 Å². The van der Waals surface area contributed by atoms with Gasteiger partial charge in [-0.2, -0.15) is 0 Å². The summed E-state index contributed by atoms with van der Waals surface area (Å²) in [5, 5.41) is 7.47. The summed E-state index contributed by atoms with van der Waals surface area (Å²) < 4.78 is 0. The van der Waals surface area contributed by atoms with Gasteiger partial charge in [0.2, 0.25) is 0 Å². The molecule has 0 bridgehead atoms. The van der Waals surface area contributed by atoms with E-state index in [0.717, 1.165) is 55.2 Å². The molecule has 6 heteroatoms. The van der Waals surface area contributed by atoms with Crippen LogP contribution in [0.4, 0.5) is 11.4 Å². The second-order valence-corrected chi connectivity index (χ2v) is 10.5. The van der Waals surface area contributed by atoms with Crippen molar-refractivity contribution in [2.75, 3.05) is 57.5 Å². The summed E-state index contributed by atoms with van der Waals surface area (Å²) >= 11 is 0. The molecule has 0 aliphatic carbocycles. The quantitative estimate of drug-likeness (QED) is 0.323. The van der Waals surface area contributed by atoms with Gasteiger partial charge in [-0.1, -0.05) is 42.5 Å². The minimum absolute atomic E-state index is 0.513. The molecule has 2 aliphatic heterocycles. The number of H-pyrrole nitrogens is 1. The second kappa shape index (κ2) is 10.4. The summed E-state index contributed by atoms with van der Waals surface area (Å²) in [7, 11) is 4.30. The maximum atomic E-state index is 4.99. The Hall–Kier alpha value is -3.61. The number of aromatic nitrogens is 2. The zero-order valence-corrected chi connectivity index (χ0v) is 21.8. The van der Waals surface area contributed by atoms with Crippen molar-refractivity contribution < 1.29 is 0 Å². The number of likely N-dealkylation sites (tertiary alicyclic amines) is 1. The number of hydrogen-bond acceptors (Lipinski definition) is 5. The average Bonchev–Trinajstić information content (AvgIpc) is 3.53. The van der Waals surface area contributed by atoms with E-state index in [1.165, 1.54) is 40.9 Å². The van der Waals surface area contributed by atoms with Crippen LogP contribution in [0.15, 0.2) is 72.8 Å². The highest BCUT2D eigenvalue weighted by Crippen LogP contribution is 2.40. The third-order valence-corrected chi connectivity index (χ3v) is 7.61. The van der Waals surface area contributed by atoms with Gasteiger partial charge in [-0.15, -0.1) is 0 Å². The van der Waals surface area contributed by atoms with E-state index in [1.807, 2.05) is 6.07 Å². The van der Waals surface area contributed by atoms with Crippen molar-refractivity contribution in [3.63, 3.8) is 0 Å². The highest BCUT2D eigenvalue weighted by molar-refractivity contribution is 6.04. The topological polar surface area (TPSA) is 59.2 Å². The number of benzene rings is 3. The maximum absolute atomic E-state index is 4.99. The van der Waals surface area contributed by atoms with Gasteiger partial charge in [-0.25, -0.2) is 4.98 Å². The Balaban J connectivity index is 1.30. The number of rotatable bonds is 7. The average molecular weight is 493 g/mol. The molecule has 4 aromatic rings. The normalized spacial score (nSPS) is 17.7. The third-order valence-electron chi connectivity index (χ3n) is 7.61. The summed E-state index contributed by atoms with van der Waals surface area (Å²) in [5.74, 6) is 0.917. The summed E-state index contributed by atoms with van der Waals surface area (Å²) in [5.41, 5.74) is 9.31. The number of anilines is 2. The lowest BCUT2D eigenvalue weighted by Gasteiger charge is -2.33. The molecule has 1 aromatic heterocycles. The number of hydrogen-bond donors (Lipinski definition) is 3. The number of likely N-dealkylation sites (N-methyl/N-ethyl adjacent to an activating group) is 1. The number of fused-ring (bicyclic) bond motifs is 2. The van der Waals surface area contributed by atoms with Crippen LogP contribution < -0.4 is 10.6 Å². The number of aromatic amines is 1. The zero-order chi connectivity index (χ0) is 25.2. The SMILES string of the molecule is CN(C)CCN1CCC(Nc2ccc3c(c2)/C(=C(\c2ccccc2)c2nc4ccccc4[nH]2)CN3)CC1. The van der Waals surface area contributed by atoms with Gasteiger partial charge in [-0.3, -0.25) is 0 Å². The first-order valence-corrected chi connectivity index (χ1v) is 13.4. The molecular weight excluding hydrogens is 456 g/mol. The van der Waals surface area contributed by atoms with Crippen LogP contribution in [0.5, 0.6) is 0 Å². The smallest absolute Gasteiger partial charge is 0.139 e. The van der Waals surface area contributed by atoms with Crippen molar-refractivity contribution in [3.8, 4) is 0 Å². The lowest BCUT2D eigenvalue weighted by molar-refractivity contribution is 0.199. The molecule has 1 fully saturated rings. The third kappa shape index (κ3) is 5.13. The standard InChI is InChI=1S/C31H36N6/c1-36(2)18-19-37-16-14-23(15-17-37)33-24-12-13-27-25(20-24)26(21-32-27)30(22-8-4-3-5-9-22)31-34-28-10-6-7-11-29(28)35-31/h3-13,20,23,32-33H,14-19,21H2,1-2H3,(H,34,35)/b30-26+. The molecule has 37 heavy (non-hydrogen) atoms. The molecule has 0 atom stereocenters. The van der Waals surface area contributed by atoms with Gasteiger partial charge in [0.1, 0.15) is 5.82 Å². The lowest BCUT2D eigenvalue weighted by atomic mass is 9.94. The molecule has 0 spiro atoms. The van der Waals surface area contributed by atoms with Crippen LogP contribution in [0.2, 0.25) is 0 Å². The van der Waals surface area contributed by atoms with Crippen molar-refractivity contribution in [2.45, 2.75) is 18.9 Å². The van der Waals surface area contributed by atoms with Crippen LogP contribution in [0, 0.1) is 0 Å². The number of imidazole rings is 1. The van der Waals surface area contributed by atoms with Crippen LogP contribution in [0.25, 0.3) is 22.2 Å². The van der Waals surface area contributed by atoms with Gasteiger partial charge < -0.3 is 25.4 Å². The molecule has 3 heterocycles. The van der Waals surface area contributed by atoms with Crippen LogP contribution in [0.1, 0.15) is 29.8 Å². The van der Waals surface area contributed by atoms with E-state index < -0.39 is 0 Å². The summed E-state index contributed by atoms with van der Waals surface area (Å²) in [6.07, 6.45) is 2.36. The lowest BCUT2D eigenvalue weighted by Crippen LogP contribution is -2.41. The summed E-state index contributed by atoms with van der Waals surface area (Å²) in [4.78, 5) is 13.4. The number of piperidine rings is 1. The Morgan fingerprint density at radius 2 is 1.78 bits per heavy atom. The molecule has 1 saturated heterocycles. The van der Waals surface area contributed by atoms with E-state index in [-0.39, 0.29) is 0 Å². The fraction of sp³-hybridized carbons (Fsp3) is 0.323. The molecule has 3 aromatic carbocycles. The van der Waals surface area contributed by atoms with E-state index >= 15 is 0 Å². The molecule has 0 unspecified atom stereocenters. The van der Waals surface area contributed by atoms with E-state index in [9.17, 15) is 0 Å². The van der Waals surface area contributed by atoms with E-state index in [1.54, 1.807) is 0 Å². The first kappa shape index (κ1) is 23.8. The fourth-order valence-corrected chi connectivity index (χ4v) is 5.55. The van der Waals surface area contributed by atoms with Crippen LogP contribution in [-0.4, -0.2) is 72.6 Å². The molecule has 0 saturated carbocycles. The van der Waals surface area contributed by atoms with Crippen LogP contribution in [0.3, 0.4) is 0 Å². The van der Waals surface area contributed by atoms with Gasteiger partial charge in [0, 0.05) is 61.3 Å². The van der Waals surface area contributed by atoms with Crippen LogP contribution >= 0.6 is 0 Å². The highest BCUT2D eigenvalue weighted by atomic mass is 15.2. The monoisotopic (exact) mass is 492 g/mol. The first-order valence-electron chi connectivity index (χ1n) is 13.4. The molecular formula is C31H36N6. The van der Waals surface area contributed by atoms with Crippen molar-refractivity contribution in [1.29, 1.82) is 0 Å². The van der Waals surface area contributed by atoms with Gasteiger partial charge in [0.25, 0.3) is 0 Å². The predicted octanol–water partition coefficient (Wildman–Crippen LogP) is 5.39.